The van der Waals surface area contributed by atoms with Crippen molar-refractivity contribution in [2.45, 2.75) is 20.8 Å². The van der Waals surface area contributed by atoms with E-state index in [0.29, 0.717) is 11.7 Å². The van der Waals surface area contributed by atoms with Crippen molar-refractivity contribution in [2.75, 3.05) is 17.3 Å². The van der Waals surface area contributed by atoms with E-state index < -0.39 is 5.97 Å². The highest BCUT2D eigenvalue weighted by Gasteiger charge is 2.08. The number of hydrogen-bond acceptors (Lipinski definition) is 7. The minimum absolute atomic E-state index is 0.113. The van der Waals surface area contributed by atoms with Gasteiger partial charge in [-0.05, 0) is 26.0 Å². The fraction of sp³-hybridized carbons (Fsp3) is 0.250. The molecule has 1 aromatic carbocycles. The molecule has 24 heavy (non-hydrogen) atoms. The molecule has 0 saturated carbocycles. The Morgan fingerprint density at radius 1 is 1.25 bits per heavy atom. The van der Waals surface area contributed by atoms with Gasteiger partial charge in [0.05, 0.1) is 12.3 Å². The zero-order valence-corrected chi connectivity index (χ0v) is 14.4. The zero-order chi connectivity index (χ0) is 17.5. The first kappa shape index (κ1) is 17.6. The van der Waals surface area contributed by atoms with Gasteiger partial charge in [-0.3, -0.25) is 10.2 Å². The highest BCUT2D eigenvalue weighted by Crippen LogP contribution is 2.26. The maximum Gasteiger partial charge on any atom is 0.354 e. The summed E-state index contributed by atoms with van der Waals surface area (Å²) >= 11 is 1.38. The maximum absolute atomic E-state index is 11.5. The molecule has 0 bridgehead atoms. The number of esters is 1. The van der Waals surface area contributed by atoms with E-state index in [4.69, 9.17) is 4.74 Å². The van der Waals surface area contributed by atoms with Crippen molar-refractivity contribution in [3.63, 3.8) is 0 Å². The fourth-order valence-electron chi connectivity index (χ4n) is 1.80. The van der Waals surface area contributed by atoms with E-state index in [1.165, 1.54) is 18.3 Å². The van der Waals surface area contributed by atoms with E-state index in [9.17, 15) is 9.59 Å². The molecule has 0 aliphatic rings. The van der Waals surface area contributed by atoms with Gasteiger partial charge in [0.2, 0.25) is 11.0 Å². The zero-order valence-electron chi connectivity index (χ0n) is 13.6. The van der Waals surface area contributed by atoms with Crippen LogP contribution in [0, 0.1) is 0 Å². The summed E-state index contributed by atoms with van der Waals surface area (Å²) in [5.41, 5.74) is 5.40. The molecule has 2 rings (SSSR count). The molecule has 1 aromatic heterocycles. The average Bonchev–Trinajstić information content (AvgIpc) is 3.02. The van der Waals surface area contributed by atoms with Crippen molar-refractivity contribution in [1.29, 1.82) is 0 Å². The van der Waals surface area contributed by atoms with Crippen LogP contribution in [0.25, 0.3) is 11.3 Å². The van der Waals surface area contributed by atoms with Crippen LogP contribution in [0.15, 0.2) is 34.7 Å². The molecule has 1 heterocycles. The van der Waals surface area contributed by atoms with Crippen molar-refractivity contribution in [3.8, 4) is 11.3 Å². The van der Waals surface area contributed by atoms with Crippen LogP contribution in [0.5, 0.6) is 0 Å². The molecule has 0 unspecified atom stereocenters. The molecule has 2 aromatic rings. The predicted octanol–water partition coefficient (Wildman–Crippen LogP) is 3.12. The summed E-state index contributed by atoms with van der Waals surface area (Å²) in [7, 11) is 0. The number of benzene rings is 1. The van der Waals surface area contributed by atoms with E-state index in [1.807, 2.05) is 29.6 Å². The standard InChI is InChI=1S/C16H18N4O3S/c1-4-23-15(22)10(2)19-20-16-18-14(9-24-16)12-5-7-13(8-6-12)17-11(3)21/h5-9H,4H2,1-3H3,(H,17,21)(H,18,20)/b19-10+. The number of nitrogens with zero attached hydrogens (tertiary/aromatic N) is 2. The lowest BCUT2D eigenvalue weighted by Crippen LogP contribution is -2.15. The number of anilines is 2. The third-order valence-corrected chi connectivity index (χ3v) is 3.64. The lowest BCUT2D eigenvalue weighted by Gasteiger charge is -2.02. The van der Waals surface area contributed by atoms with Gasteiger partial charge in [-0.25, -0.2) is 9.78 Å². The first-order valence-corrected chi connectivity index (χ1v) is 8.18. The normalized spacial score (nSPS) is 11.0. The number of carbonyl (C=O) groups is 2. The Morgan fingerprint density at radius 2 is 1.96 bits per heavy atom. The van der Waals surface area contributed by atoms with Gasteiger partial charge < -0.3 is 10.1 Å². The molecular weight excluding hydrogens is 328 g/mol. The average molecular weight is 346 g/mol. The Labute approximate surface area is 143 Å². The quantitative estimate of drug-likeness (QED) is 0.476. The molecule has 0 fully saturated rings. The molecular formula is C16H18N4O3S. The Hall–Kier alpha value is -2.74. The number of thiazole rings is 1. The van der Waals surface area contributed by atoms with Crippen LogP contribution in [-0.4, -0.2) is 29.2 Å². The number of carbonyl (C=O) groups excluding carboxylic acids is 2. The summed E-state index contributed by atoms with van der Waals surface area (Å²) in [6, 6.07) is 7.37. The number of hydrazone groups is 1. The van der Waals surface area contributed by atoms with Crippen molar-refractivity contribution in [2.24, 2.45) is 5.10 Å². The second kappa shape index (κ2) is 8.21. The van der Waals surface area contributed by atoms with E-state index in [2.05, 4.69) is 20.8 Å². The van der Waals surface area contributed by atoms with E-state index in [1.54, 1.807) is 13.8 Å². The van der Waals surface area contributed by atoms with Gasteiger partial charge in [0.1, 0.15) is 5.71 Å². The van der Waals surface area contributed by atoms with Gasteiger partial charge in [-0.15, -0.1) is 11.3 Å². The van der Waals surface area contributed by atoms with E-state index in [-0.39, 0.29) is 11.6 Å². The second-order valence-corrected chi connectivity index (χ2v) is 5.68. The Kier molecular flexibility index (Phi) is 6.02. The molecule has 0 aliphatic carbocycles. The Morgan fingerprint density at radius 3 is 2.58 bits per heavy atom. The third-order valence-electron chi connectivity index (χ3n) is 2.90. The van der Waals surface area contributed by atoms with Crippen LogP contribution in [0.2, 0.25) is 0 Å². The van der Waals surface area contributed by atoms with Crippen molar-refractivity contribution in [1.82, 2.24) is 4.98 Å². The summed E-state index contributed by atoms with van der Waals surface area (Å²) in [5, 5.41) is 9.12. The highest BCUT2D eigenvalue weighted by atomic mass is 32.1. The van der Waals surface area contributed by atoms with Gasteiger partial charge in [-0.1, -0.05) is 12.1 Å². The van der Waals surface area contributed by atoms with Crippen LogP contribution < -0.4 is 10.7 Å². The summed E-state index contributed by atoms with van der Waals surface area (Å²) in [6.45, 7) is 5.08. The molecule has 0 spiro atoms. The second-order valence-electron chi connectivity index (χ2n) is 4.83. The number of ether oxygens (including phenoxy) is 1. The summed E-state index contributed by atoms with van der Waals surface area (Å²) in [6.07, 6.45) is 0. The number of nitrogens with one attached hydrogen (secondary N) is 2. The number of hydrogen-bond donors (Lipinski definition) is 2. The number of rotatable bonds is 6. The van der Waals surface area contributed by atoms with Crippen LogP contribution in [0.3, 0.4) is 0 Å². The van der Waals surface area contributed by atoms with Crippen molar-refractivity contribution >= 4 is 39.7 Å². The SMILES string of the molecule is CCOC(=O)/C(C)=N/Nc1nc(-c2ccc(NC(C)=O)cc2)cs1. The van der Waals surface area contributed by atoms with Crippen LogP contribution in [0.1, 0.15) is 20.8 Å². The Balaban J connectivity index is 2.03. The van der Waals surface area contributed by atoms with E-state index in [0.717, 1.165) is 16.9 Å². The lowest BCUT2D eigenvalue weighted by molar-refractivity contribution is -0.135. The predicted molar refractivity (Wildman–Crippen MR) is 95.2 cm³/mol. The lowest BCUT2D eigenvalue weighted by atomic mass is 10.1. The van der Waals surface area contributed by atoms with Gasteiger partial charge >= 0.3 is 5.97 Å². The van der Waals surface area contributed by atoms with Gasteiger partial charge in [-0.2, -0.15) is 5.10 Å². The molecule has 0 atom stereocenters. The molecule has 8 heteroatoms. The van der Waals surface area contributed by atoms with Crippen LogP contribution in [-0.2, 0) is 14.3 Å². The molecule has 0 saturated heterocycles. The number of amides is 1. The monoisotopic (exact) mass is 346 g/mol. The highest BCUT2D eigenvalue weighted by molar-refractivity contribution is 7.14. The van der Waals surface area contributed by atoms with Gasteiger partial charge in [0.15, 0.2) is 0 Å². The minimum Gasteiger partial charge on any atom is -0.461 e. The Bertz CT molecular complexity index is 753. The number of aromatic nitrogens is 1. The summed E-state index contributed by atoms with van der Waals surface area (Å²) in [5.74, 6) is -0.576. The van der Waals surface area contributed by atoms with Crippen LogP contribution >= 0.6 is 11.3 Å². The molecule has 7 nitrogen and oxygen atoms in total. The topological polar surface area (TPSA) is 92.7 Å². The first-order valence-electron chi connectivity index (χ1n) is 7.30. The summed E-state index contributed by atoms with van der Waals surface area (Å²) in [4.78, 5) is 26.9. The van der Waals surface area contributed by atoms with Crippen molar-refractivity contribution < 1.29 is 14.3 Å². The summed E-state index contributed by atoms with van der Waals surface area (Å²) < 4.78 is 4.85. The molecule has 0 radical (unpaired) electrons. The minimum atomic E-state index is -0.463. The van der Waals surface area contributed by atoms with E-state index >= 15 is 0 Å². The van der Waals surface area contributed by atoms with Gasteiger partial charge in [0, 0.05) is 23.6 Å². The van der Waals surface area contributed by atoms with Crippen LogP contribution in [0.4, 0.5) is 10.8 Å². The smallest absolute Gasteiger partial charge is 0.354 e. The molecule has 0 aliphatic heterocycles. The van der Waals surface area contributed by atoms with Crippen molar-refractivity contribution in [3.05, 3.63) is 29.6 Å². The largest absolute Gasteiger partial charge is 0.461 e. The maximum atomic E-state index is 11.5. The first-order chi connectivity index (χ1) is 11.5. The molecule has 126 valence electrons. The third kappa shape index (κ3) is 4.88. The van der Waals surface area contributed by atoms with Gasteiger partial charge in [0.25, 0.3) is 0 Å². The molecule has 1 amide bonds. The fourth-order valence-corrected chi connectivity index (χ4v) is 2.46. The molecule has 2 N–H and O–H groups in total.